The molecular formula is C15H19NO3S. The lowest BCUT2D eigenvalue weighted by molar-refractivity contribution is -0.132. The van der Waals surface area contributed by atoms with Crippen molar-refractivity contribution in [2.45, 2.75) is 19.4 Å². The summed E-state index contributed by atoms with van der Waals surface area (Å²) in [5.74, 6) is -0.183. The van der Waals surface area contributed by atoms with E-state index in [9.17, 15) is 13.2 Å². The molecule has 2 rings (SSSR count). The molecule has 2 unspecified atom stereocenters. The van der Waals surface area contributed by atoms with Gasteiger partial charge >= 0.3 is 0 Å². The second kappa shape index (κ2) is 5.79. The molecule has 0 N–H and O–H groups in total. The Bertz CT molecular complexity index is 607. The number of carbonyl (C=O) groups is 1. The summed E-state index contributed by atoms with van der Waals surface area (Å²) in [5.41, 5.74) is 1.07. The van der Waals surface area contributed by atoms with Gasteiger partial charge in [0.2, 0.25) is 5.91 Å². The largest absolute Gasteiger partial charge is 0.339 e. The standard InChI is InChI=1S/C15H19NO3S/c1-12(14-6-4-3-5-7-14)16(2)15(17)10-13-8-9-20(18,19)11-13/h3-9,12-13H,10-11H2,1-2H3. The fraction of sp³-hybridized carbons (Fsp3) is 0.400. The van der Waals surface area contributed by atoms with E-state index in [1.807, 2.05) is 37.3 Å². The molecule has 1 aromatic rings. The highest BCUT2D eigenvalue weighted by Crippen LogP contribution is 2.23. The van der Waals surface area contributed by atoms with Gasteiger partial charge in [-0.05, 0) is 12.5 Å². The zero-order valence-electron chi connectivity index (χ0n) is 11.7. The molecule has 4 nitrogen and oxygen atoms in total. The second-order valence-electron chi connectivity index (χ2n) is 5.21. The SMILES string of the molecule is CC(c1ccccc1)N(C)C(=O)CC1C=CS(=O)(=O)C1. The average Bonchev–Trinajstić information content (AvgIpc) is 2.77. The molecule has 0 radical (unpaired) electrons. The molecule has 1 heterocycles. The summed E-state index contributed by atoms with van der Waals surface area (Å²) in [4.78, 5) is 13.9. The Morgan fingerprint density at radius 1 is 1.35 bits per heavy atom. The molecule has 20 heavy (non-hydrogen) atoms. The van der Waals surface area contributed by atoms with Gasteiger partial charge in [0.05, 0.1) is 11.8 Å². The van der Waals surface area contributed by atoms with E-state index in [1.165, 1.54) is 5.41 Å². The number of rotatable bonds is 4. The molecule has 0 fully saturated rings. The summed E-state index contributed by atoms with van der Waals surface area (Å²) in [7, 11) is -1.33. The van der Waals surface area contributed by atoms with E-state index >= 15 is 0 Å². The van der Waals surface area contributed by atoms with E-state index in [2.05, 4.69) is 0 Å². The van der Waals surface area contributed by atoms with Crippen molar-refractivity contribution in [2.24, 2.45) is 5.92 Å². The predicted octanol–water partition coefficient (Wildman–Crippen LogP) is 2.15. The van der Waals surface area contributed by atoms with Crippen LogP contribution in [0.1, 0.15) is 24.9 Å². The molecule has 1 aliphatic heterocycles. The fourth-order valence-corrected chi connectivity index (χ4v) is 3.71. The molecule has 2 atom stereocenters. The molecule has 0 aliphatic carbocycles. The highest BCUT2D eigenvalue weighted by Gasteiger charge is 2.26. The van der Waals surface area contributed by atoms with E-state index in [0.717, 1.165) is 5.56 Å². The minimum atomic E-state index is -3.09. The molecule has 0 aromatic heterocycles. The van der Waals surface area contributed by atoms with Gasteiger partial charge in [0.25, 0.3) is 0 Å². The van der Waals surface area contributed by atoms with Crippen LogP contribution in [0.5, 0.6) is 0 Å². The minimum Gasteiger partial charge on any atom is -0.339 e. The zero-order chi connectivity index (χ0) is 14.8. The number of benzene rings is 1. The van der Waals surface area contributed by atoms with E-state index in [0.29, 0.717) is 0 Å². The zero-order valence-corrected chi connectivity index (χ0v) is 12.5. The van der Waals surface area contributed by atoms with Gasteiger partial charge in [-0.25, -0.2) is 8.42 Å². The van der Waals surface area contributed by atoms with E-state index < -0.39 is 9.84 Å². The van der Waals surface area contributed by atoms with Gasteiger partial charge in [0, 0.05) is 24.8 Å². The van der Waals surface area contributed by atoms with Crippen LogP contribution in [0.15, 0.2) is 41.8 Å². The maximum atomic E-state index is 12.2. The molecular weight excluding hydrogens is 274 g/mol. The fourth-order valence-electron chi connectivity index (χ4n) is 2.31. The normalized spacial score (nSPS) is 21.6. The summed E-state index contributed by atoms with van der Waals surface area (Å²) in [6.45, 7) is 1.97. The summed E-state index contributed by atoms with van der Waals surface area (Å²) in [6, 6.07) is 9.76. The van der Waals surface area contributed by atoms with E-state index in [1.54, 1.807) is 18.0 Å². The molecule has 0 saturated carbocycles. The first-order valence-electron chi connectivity index (χ1n) is 6.60. The highest BCUT2D eigenvalue weighted by atomic mass is 32.2. The Kier molecular flexibility index (Phi) is 4.28. The Labute approximate surface area is 120 Å². The number of allylic oxidation sites excluding steroid dienone is 1. The Morgan fingerprint density at radius 2 is 2.00 bits per heavy atom. The van der Waals surface area contributed by atoms with Gasteiger partial charge < -0.3 is 4.90 Å². The second-order valence-corrected chi connectivity index (χ2v) is 7.14. The minimum absolute atomic E-state index is 0.0225. The van der Waals surface area contributed by atoms with Crippen LogP contribution in [0.2, 0.25) is 0 Å². The lowest BCUT2D eigenvalue weighted by Crippen LogP contribution is -2.31. The lowest BCUT2D eigenvalue weighted by atomic mass is 10.0. The summed E-state index contributed by atoms with van der Waals surface area (Å²) in [5, 5.41) is 1.21. The molecule has 5 heteroatoms. The van der Waals surface area contributed by atoms with Crippen LogP contribution in [0.25, 0.3) is 0 Å². The third-order valence-electron chi connectivity index (χ3n) is 3.70. The number of hydrogen-bond donors (Lipinski definition) is 0. The van der Waals surface area contributed by atoms with Crippen molar-refractivity contribution in [1.29, 1.82) is 0 Å². The predicted molar refractivity (Wildman–Crippen MR) is 78.7 cm³/mol. The van der Waals surface area contributed by atoms with Crippen molar-refractivity contribution in [3.8, 4) is 0 Å². The Balaban J connectivity index is 1.98. The van der Waals surface area contributed by atoms with E-state index in [-0.39, 0.29) is 30.0 Å². The molecule has 1 aromatic carbocycles. The van der Waals surface area contributed by atoms with Crippen LogP contribution >= 0.6 is 0 Å². The van der Waals surface area contributed by atoms with Gasteiger partial charge in [-0.3, -0.25) is 4.79 Å². The number of amides is 1. The molecule has 108 valence electrons. The van der Waals surface area contributed by atoms with Crippen LogP contribution in [-0.4, -0.2) is 32.0 Å². The van der Waals surface area contributed by atoms with Gasteiger partial charge in [0.1, 0.15) is 0 Å². The first kappa shape index (κ1) is 14.8. The molecule has 1 aliphatic rings. The molecule has 1 amide bonds. The summed E-state index contributed by atoms with van der Waals surface area (Å²) < 4.78 is 22.7. The third-order valence-corrected chi connectivity index (χ3v) is 5.16. The number of sulfone groups is 1. The van der Waals surface area contributed by atoms with Crippen LogP contribution in [0.4, 0.5) is 0 Å². The van der Waals surface area contributed by atoms with Gasteiger partial charge in [-0.15, -0.1) is 0 Å². The number of carbonyl (C=O) groups excluding carboxylic acids is 1. The third kappa shape index (κ3) is 3.48. The van der Waals surface area contributed by atoms with Crippen molar-refractivity contribution in [2.75, 3.05) is 12.8 Å². The van der Waals surface area contributed by atoms with Crippen molar-refractivity contribution in [3.63, 3.8) is 0 Å². The van der Waals surface area contributed by atoms with Crippen molar-refractivity contribution >= 4 is 15.7 Å². The maximum absolute atomic E-state index is 12.2. The Hall–Kier alpha value is -1.62. The van der Waals surface area contributed by atoms with Crippen LogP contribution in [0.3, 0.4) is 0 Å². The monoisotopic (exact) mass is 293 g/mol. The molecule has 0 spiro atoms. The van der Waals surface area contributed by atoms with Crippen molar-refractivity contribution < 1.29 is 13.2 Å². The number of nitrogens with zero attached hydrogens (tertiary/aromatic N) is 1. The van der Waals surface area contributed by atoms with Crippen LogP contribution < -0.4 is 0 Å². The van der Waals surface area contributed by atoms with Gasteiger partial charge in [-0.2, -0.15) is 0 Å². The Morgan fingerprint density at radius 3 is 2.55 bits per heavy atom. The topological polar surface area (TPSA) is 54.5 Å². The van der Waals surface area contributed by atoms with Crippen LogP contribution in [0, 0.1) is 5.92 Å². The smallest absolute Gasteiger partial charge is 0.223 e. The van der Waals surface area contributed by atoms with Gasteiger partial charge in [-0.1, -0.05) is 36.4 Å². The summed E-state index contributed by atoms with van der Waals surface area (Å²) >= 11 is 0. The lowest BCUT2D eigenvalue weighted by Gasteiger charge is -2.26. The highest BCUT2D eigenvalue weighted by molar-refractivity contribution is 7.94. The molecule has 0 bridgehead atoms. The average molecular weight is 293 g/mol. The van der Waals surface area contributed by atoms with Crippen LogP contribution in [-0.2, 0) is 14.6 Å². The molecule has 0 saturated heterocycles. The number of hydrogen-bond acceptors (Lipinski definition) is 3. The first-order valence-corrected chi connectivity index (χ1v) is 8.32. The van der Waals surface area contributed by atoms with E-state index in [4.69, 9.17) is 0 Å². The van der Waals surface area contributed by atoms with Gasteiger partial charge in [0.15, 0.2) is 9.84 Å². The quantitative estimate of drug-likeness (QED) is 0.854. The van der Waals surface area contributed by atoms with Crippen molar-refractivity contribution in [1.82, 2.24) is 4.90 Å². The first-order chi connectivity index (χ1) is 9.39. The van der Waals surface area contributed by atoms with Crippen molar-refractivity contribution in [3.05, 3.63) is 47.4 Å². The summed E-state index contributed by atoms with van der Waals surface area (Å²) in [6.07, 6.45) is 1.86. The maximum Gasteiger partial charge on any atom is 0.223 e.